The molecule has 0 spiro atoms. The lowest BCUT2D eigenvalue weighted by molar-refractivity contribution is -0.179. The predicted molar refractivity (Wildman–Crippen MR) is 168 cm³/mol. The highest BCUT2D eigenvalue weighted by Crippen LogP contribution is 2.72. The average molecular weight is 568 g/mol. The fraction of sp³-hybridized carbons (Fsp3) is 0.737. The van der Waals surface area contributed by atoms with Crippen molar-refractivity contribution in [2.75, 3.05) is 6.61 Å². The van der Waals surface area contributed by atoms with Crippen LogP contribution in [0.25, 0.3) is 0 Å². The molecule has 9 atom stereocenters. The SMILES string of the molecule is CC1(C)C(C2=CC[C@H](COc3ncccc3C#N)CC2)=CC[C@@]2(C)C1CC[C@]1(C)C2CC[C@@]2(N)C1CC[C@@H]1CCC[C@@H]12. The fourth-order valence-corrected chi connectivity index (χ4v) is 12.6. The Morgan fingerprint density at radius 3 is 2.57 bits per heavy atom. The minimum absolute atomic E-state index is 0.0962. The lowest BCUT2D eigenvalue weighted by Gasteiger charge is -2.70. The standard InChI is InChI=1S/C38H53N3O/c1-35(2)29(27-12-10-25(11-13-27)24-42-34-28(23-39)8-6-22-41-34)16-19-36(3)31(35)17-20-37(4)32(36)18-21-38(40)30-9-5-7-26(30)14-15-33(37)38/h6,8,12,16,22,25-26,30-33H,5,7,9-11,13-15,17-21,24,40H2,1-4H3/t25-,26-,30-,31?,32?,33?,36-,37+,38-/m0/s1. The minimum atomic E-state index is 0.0962. The van der Waals surface area contributed by atoms with Crippen molar-refractivity contribution < 1.29 is 4.74 Å². The van der Waals surface area contributed by atoms with E-state index < -0.39 is 0 Å². The van der Waals surface area contributed by atoms with Gasteiger partial charge in [0.25, 0.3) is 0 Å². The maximum atomic E-state index is 9.37. The van der Waals surface area contributed by atoms with E-state index >= 15 is 0 Å². The van der Waals surface area contributed by atoms with Gasteiger partial charge >= 0.3 is 0 Å². The van der Waals surface area contributed by atoms with Crippen LogP contribution >= 0.6 is 0 Å². The smallest absolute Gasteiger partial charge is 0.231 e. The summed E-state index contributed by atoms with van der Waals surface area (Å²) in [7, 11) is 0. The van der Waals surface area contributed by atoms with Gasteiger partial charge in [0.05, 0.1) is 6.61 Å². The van der Waals surface area contributed by atoms with Gasteiger partial charge in [0.2, 0.25) is 5.88 Å². The largest absolute Gasteiger partial charge is 0.476 e. The second-order valence-corrected chi connectivity index (χ2v) is 16.4. The Bertz CT molecular complexity index is 1320. The average Bonchev–Trinajstić information content (AvgIpc) is 3.47. The van der Waals surface area contributed by atoms with Crippen LogP contribution in [0, 0.1) is 63.1 Å². The van der Waals surface area contributed by atoms with Gasteiger partial charge in [-0.25, -0.2) is 4.98 Å². The summed E-state index contributed by atoms with van der Waals surface area (Å²) in [4.78, 5) is 4.28. The number of pyridine rings is 1. The van der Waals surface area contributed by atoms with Crippen LogP contribution in [0.5, 0.6) is 5.88 Å². The molecule has 1 heterocycles. The first-order valence-corrected chi connectivity index (χ1v) is 17.3. The second-order valence-electron chi connectivity index (χ2n) is 16.4. The molecule has 0 aliphatic heterocycles. The summed E-state index contributed by atoms with van der Waals surface area (Å²) in [5.74, 6) is 4.88. The maximum Gasteiger partial charge on any atom is 0.231 e. The maximum absolute atomic E-state index is 9.37. The molecular weight excluding hydrogens is 514 g/mol. The normalized spacial score (nSPS) is 43.9. The zero-order chi connectivity index (χ0) is 29.3. The Labute approximate surface area is 254 Å². The van der Waals surface area contributed by atoms with Crippen LogP contribution in [0.2, 0.25) is 0 Å². The molecule has 0 saturated heterocycles. The highest BCUT2D eigenvalue weighted by Gasteiger charge is 2.67. The van der Waals surface area contributed by atoms with Gasteiger partial charge in [-0.15, -0.1) is 0 Å². The monoisotopic (exact) mass is 567 g/mol. The molecule has 1 aromatic rings. The van der Waals surface area contributed by atoms with Crippen LogP contribution in [0.4, 0.5) is 0 Å². The van der Waals surface area contributed by atoms with Crippen molar-refractivity contribution in [1.82, 2.24) is 4.98 Å². The molecule has 0 bridgehead atoms. The molecule has 2 N–H and O–H groups in total. The number of nitrogens with two attached hydrogens (primary N) is 1. The number of rotatable bonds is 4. The van der Waals surface area contributed by atoms with Crippen LogP contribution in [-0.2, 0) is 0 Å². The molecule has 42 heavy (non-hydrogen) atoms. The molecule has 4 heteroatoms. The Hall–Kier alpha value is -2.12. The molecule has 0 aromatic carbocycles. The van der Waals surface area contributed by atoms with Crippen LogP contribution in [0.1, 0.15) is 117 Å². The molecule has 4 saturated carbocycles. The number of fused-ring (bicyclic) bond motifs is 7. The Morgan fingerprint density at radius 2 is 1.79 bits per heavy atom. The van der Waals surface area contributed by atoms with E-state index in [0.29, 0.717) is 40.7 Å². The van der Waals surface area contributed by atoms with Gasteiger partial charge in [0.1, 0.15) is 11.6 Å². The fourth-order valence-electron chi connectivity index (χ4n) is 12.6. The van der Waals surface area contributed by atoms with Crippen molar-refractivity contribution in [3.63, 3.8) is 0 Å². The Morgan fingerprint density at radius 1 is 0.952 bits per heavy atom. The van der Waals surface area contributed by atoms with E-state index in [-0.39, 0.29) is 11.0 Å². The summed E-state index contributed by atoms with van der Waals surface area (Å²) in [6.45, 7) is 11.2. The Balaban J connectivity index is 1.08. The van der Waals surface area contributed by atoms with Gasteiger partial charge in [-0.3, -0.25) is 0 Å². The molecule has 0 radical (unpaired) electrons. The number of nitriles is 1. The molecule has 6 aliphatic rings. The van der Waals surface area contributed by atoms with E-state index in [4.69, 9.17) is 10.5 Å². The zero-order valence-electron chi connectivity index (χ0n) is 26.6. The van der Waals surface area contributed by atoms with Gasteiger partial charge in [-0.2, -0.15) is 5.26 Å². The summed E-state index contributed by atoms with van der Waals surface area (Å²) in [5.41, 5.74) is 12.4. The van der Waals surface area contributed by atoms with Gasteiger partial charge < -0.3 is 10.5 Å². The third-order valence-electron chi connectivity index (χ3n) is 14.4. The van der Waals surface area contributed by atoms with Gasteiger partial charge in [0.15, 0.2) is 0 Å². The third-order valence-corrected chi connectivity index (χ3v) is 14.4. The molecule has 4 fully saturated rings. The van der Waals surface area contributed by atoms with E-state index in [1.54, 1.807) is 29.5 Å². The molecule has 7 rings (SSSR count). The number of ether oxygens (including phenoxy) is 1. The zero-order valence-corrected chi connectivity index (χ0v) is 26.6. The first-order chi connectivity index (χ1) is 20.1. The molecule has 1 aromatic heterocycles. The molecular formula is C38H53N3O. The van der Waals surface area contributed by atoms with Crippen LogP contribution in [0.3, 0.4) is 0 Å². The van der Waals surface area contributed by atoms with Crippen molar-refractivity contribution in [2.24, 2.45) is 57.5 Å². The molecule has 0 amide bonds. The van der Waals surface area contributed by atoms with E-state index in [1.807, 2.05) is 0 Å². The second kappa shape index (κ2) is 10.2. The summed E-state index contributed by atoms with van der Waals surface area (Å²) >= 11 is 0. The number of hydrogen-bond acceptors (Lipinski definition) is 4. The first-order valence-electron chi connectivity index (χ1n) is 17.3. The van der Waals surface area contributed by atoms with Crippen molar-refractivity contribution in [2.45, 2.75) is 117 Å². The first kappa shape index (κ1) is 28.6. The highest BCUT2D eigenvalue weighted by molar-refractivity contribution is 5.41. The van der Waals surface area contributed by atoms with Gasteiger partial charge in [-0.05, 0) is 146 Å². The van der Waals surface area contributed by atoms with Crippen molar-refractivity contribution >= 4 is 0 Å². The van der Waals surface area contributed by atoms with E-state index in [1.165, 1.54) is 64.2 Å². The summed E-state index contributed by atoms with van der Waals surface area (Å²) in [6.07, 6.45) is 23.8. The number of nitrogens with zero attached hydrogens (tertiary/aromatic N) is 2. The topological polar surface area (TPSA) is 71.9 Å². The van der Waals surface area contributed by atoms with Gasteiger partial charge in [0, 0.05) is 11.7 Å². The lowest BCUT2D eigenvalue weighted by Crippen LogP contribution is -2.69. The molecule has 3 unspecified atom stereocenters. The third kappa shape index (κ3) is 4.19. The van der Waals surface area contributed by atoms with E-state index in [2.05, 4.69) is 50.9 Å². The van der Waals surface area contributed by atoms with Gasteiger partial charge in [-0.1, -0.05) is 52.7 Å². The lowest BCUT2D eigenvalue weighted by atomic mass is 9.36. The Kier molecular flexibility index (Phi) is 6.97. The predicted octanol–water partition coefficient (Wildman–Crippen LogP) is 8.77. The molecule has 4 nitrogen and oxygen atoms in total. The van der Waals surface area contributed by atoms with Crippen LogP contribution in [-0.4, -0.2) is 17.1 Å². The quantitative estimate of drug-likeness (QED) is 0.395. The van der Waals surface area contributed by atoms with E-state index in [0.717, 1.165) is 42.9 Å². The van der Waals surface area contributed by atoms with Crippen LogP contribution in [0.15, 0.2) is 41.6 Å². The number of allylic oxidation sites excluding steroid dienone is 4. The summed E-state index contributed by atoms with van der Waals surface area (Å²) in [6, 6.07) is 5.77. The van der Waals surface area contributed by atoms with E-state index in [9.17, 15) is 5.26 Å². The summed E-state index contributed by atoms with van der Waals surface area (Å²) in [5, 5.41) is 9.37. The molecule has 6 aliphatic carbocycles. The van der Waals surface area contributed by atoms with Crippen molar-refractivity contribution in [3.05, 3.63) is 47.2 Å². The van der Waals surface area contributed by atoms with Crippen LogP contribution < -0.4 is 10.5 Å². The molecule has 226 valence electrons. The number of aromatic nitrogens is 1. The van der Waals surface area contributed by atoms with Crippen molar-refractivity contribution in [1.29, 1.82) is 5.26 Å². The number of hydrogen-bond donors (Lipinski definition) is 1. The summed E-state index contributed by atoms with van der Waals surface area (Å²) < 4.78 is 6.01. The van der Waals surface area contributed by atoms with Crippen molar-refractivity contribution in [3.8, 4) is 11.9 Å². The minimum Gasteiger partial charge on any atom is -0.476 e. The highest BCUT2D eigenvalue weighted by atomic mass is 16.5.